The number of benzene rings is 1. The minimum absolute atomic E-state index is 0.152. The molecular weight excluding hydrogens is 304 g/mol. The lowest BCUT2D eigenvalue weighted by molar-refractivity contribution is -0.121. The maximum absolute atomic E-state index is 12.5. The quantitative estimate of drug-likeness (QED) is 0.785. The van der Waals surface area contributed by atoms with Gasteiger partial charge in [0.15, 0.2) is 0 Å². The third-order valence-corrected chi connectivity index (χ3v) is 4.89. The van der Waals surface area contributed by atoms with Crippen LogP contribution in [0.4, 0.5) is 0 Å². The summed E-state index contributed by atoms with van der Waals surface area (Å²) in [6, 6.07) is 4.69. The smallest absolute Gasteiger partial charge is 0.243 e. The van der Waals surface area contributed by atoms with Gasteiger partial charge in [-0.1, -0.05) is 6.92 Å². The highest BCUT2D eigenvalue weighted by Gasteiger charge is 2.23. The molecule has 0 spiro atoms. The number of ether oxygens (including phenoxy) is 1. The fourth-order valence-corrected chi connectivity index (χ4v) is 3.10. The molecule has 6 nitrogen and oxygen atoms in total. The van der Waals surface area contributed by atoms with Crippen molar-refractivity contribution in [3.63, 3.8) is 0 Å². The molecule has 1 N–H and O–H groups in total. The van der Waals surface area contributed by atoms with Crippen LogP contribution in [0.5, 0.6) is 5.75 Å². The minimum atomic E-state index is -3.70. The summed E-state index contributed by atoms with van der Waals surface area (Å²) in [7, 11) is -2.30. The van der Waals surface area contributed by atoms with Gasteiger partial charge in [-0.2, -0.15) is 4.31 Å². The monoisotopic (exact) mass is 328 g/mol. The highest BCUT2D eigenvalue weighted by molar-refractivity contribution is 7.89. The standard InChI is InChI=1S/C15H24N2O4S/c1-5-9-16-15(18)11-17(4)22(19,20)13-7-8-14(21-6-2)12(3)10-13/h7-8,10H,5-6,9,11H2,1-4H3,(H,16,18). The Balaban J connectivity index is 2.89. The Hall–Kier alpha value is -1.60. The van der Waals surface area contributed by atoms with Crippen LogP contribution in [-0.2, 0) is 14.8 Å². The maximum Gasteiger partial charge on any atom is 0.243 e. The zero-order valence-electron chi connectivity index (χ0n) is 13.5. The van der Waals surface area contributed by atoms with E-state index < -0.39 is 10.0 Å². The first-order valence-corrected chi connectivity index (χ1v) is 8.73. The summed E-state index contributed by atoms with van der Waals surface area (Å²) in [5.41, 5.74) is 0.742. The first-order chi connectivity index (χ1) is 10.3. The lowest BCUT2D eigenvalue weighted by Crippen LogP contribution is -2.38. The molecule has 0 saturated heterocycles. The molecule has 0 unspecified atom stereocenters. The van der Waals surface area contributed by atoms with Crippen molar-refractivity contribution >= 4 is 15.9 Å². The minimum Gasteiger partial charge on any atom is -0.494 e. The van der Waals surface area contributed by atoms with E-state index in [1.54, 1.807) is 19.1 Å². The molecular formula is C15H24N2O4S. The number of carbonyl (C=O) groups is 1. The molecule has 0 atom stereocenters. The third kappa shape index (κ3) is 4.71. The Morgan fingerprint density at radius 2 is 2.00 bits per heavy atom. The molecule has 1 amide bonds. The van der Waals surface area contributed by atoms with Gasteiger partial charge in [0.1, 0.15) is 5.75 Å². The van der Waals surface area contributed by atoms with Crippen LogP contribution in [0.25, 0.3) is 0 Å². The van der Waals surface area contributed by atoms with E-state index in [9.17, 15) is 13.2 Å². The summed E-state index contributed by atoms with van der Waals surface area (Å²) in [4.78, 5) is 11.8. The third-order valence-electron chi connectivity index (χ3n) is 3.09. The molecule has 0 bridgehead atoms. The normalized spacial score (nSPS) is 11.5. The number of sulfonamides is 1. The van der Waals surface area contributed by atoms with Gasteiger partial charge in [0.25, 0.3) is 0 Å². The highest BCUT2D eigenvalue weighted by atomic mass is 32.2. The van der Waals surface area contributed by atoms with Gasteiger partial charge in [-0.05, 0) is 44.0 Å². The van der Waals surface area contributed by atoms with Crippen LogP contribution in [0, 0.1) is 6.92 Å². The van der Waals surface area contributed by atoms with E-state index in [-0.39, 0.29) is 17.3 Å². The Morgan fingerprint density at radius 1 is 1.32 bits per heavy atom. The molecule has 0 fully saturated rings. The van der Waals surface area contributed by atoms with Crippen LogP contribution in [0.3, 0.4) is 0 Å². The summed E-state index contributed by atoms with van der Waals surface area (Å²) in [6.45, 7) is 6.45. The first kappa shape index (κ1) is 18.4. The second kappa shape index (κ2) is 8.14. The number of nitrogens with zero attached hydrogens (tertiary/aromatic N) is 1. The number of amides is 1. The lowest BCUT2D eigenvalue weighted by Gasteiger charge is -2.17. The number of carbonyl (C=O) groups excluding carboxylic acids is 1. The van der Waals surface area contributed by atoms with Gasteiger partial charge in [0.05, 0.1) is 18.0 Å². The second-order valence-corrected chi connectivity index (χ2v) is 7.02. The van der Waals surface area contributed by atoms with Gasteiger partial charge < -0.3 is 10.1 Å². The van der Waals surface area contributed by atoms with Crippen molar-refractivity contribution in [1.82, 2.24) is 9.62 Å². The molecule has 0 saturated carbocycles. The molecule has 22 heavy (non-hydrogen) atoms. The predicted octanol–water partition coefficient (Wildman–Crippen LogP) is 1.54. The van der Waals surface area contributed by atoms with Crippen LogP contribution < -0.4 is 10.1 Å². The van der Waals surface area contributed by atoms with Gasteiger partial charge in [0.2, 0.25) is 15.9 Å². The molecule has 0 aliphatic rings. The van der Waals surface area contributed by atoms with E-state index in [0.717, 1.165) is 16.3 Å². The van der Waals surface area contributed by atoms with Crippen molar-refractivity contribution in [2.24, 2.45) is 0 Å². The van der Waals surface area contributed by atoms with Crippen LogP contribution in [-0.4, -0.2) is 45.4 Å². The van der Waals surface area contributed by atoms with Crippen LogP contribution in [0.2, 0.25) is 0 Å². The average Bonchev–Trinajstić information content (AvgIpc) is 2.47. The largest absolute Gasteiger partial charge is 0.494 e. The van der Waals surface area contributed by atoms with Gasteiger partial charge in [-0.25, -0.2) is 8.42 Å². The number of nitrogens with one attached hydrogen (secondary N) is 1. The summed E-state index contributed by atoms with van der Waals surface area (Å²) in [6.07, 6.45) is 0.806. The Kier molecular flexibility index (Phi) is 6.83. The summed E-state index contributed by atoms with van der Waals surface area (Å²) in [5.74, 6) is 0.348. The Labute approximate surface area is 132 Å². The van der Waals surface area contributed by atoms with E-state index in [0.29, 0.717) is 18.9 Å². The van der Waals surface area contributed by atoms with E-state index >= 15 is 0 Å². The van der Waals surface area contributed by atoms with E-state index in [1.807, 2.05) is 13.8 Å². The highest BCUT2D eigenvalue weighted by Crippen LogP contribution is 2.23. The van der Waals surface area contributed by atoms with Crippen LogP contribution in [0.15, 0.2) is 23.1 Å². The molecule has 7 heteroatoms. The average molecular weight is 328 g/mol. The molecule has 1 rings (SSSR count). The van der Waals surface area contributed by atoms with Crippen LogP contribution in [0.1, 0.15) is 25.8 Å². The molecule has 0 heterocycles. The molecule has 124 valence electrons. The topological polar surface area (TPSA) is 75.7 Å². The number of aryl methyl sites for hydroxylation is 1. The molecule has 1 aromatic rings. The predicted molar refractivity (Wildman–Crippen MR) is 85.5 cm³/mol. The molecule has 0 aliphatic carbocycles. The fourth-order valence-electron chi connectivity index (χ4n) is 1.89. The first-order valence-electron chi connectivity index (χ1n) is 7.29. The summed E-state index contributed by atoms with van der Waals surface area (Å²) in [5, 5.41) is 2.66. The van der Waals surface area contributed by atoms with E-state index in [2.05, 4.69) is 5.32 Å². The van der Waals surface area contributed by atoms with Crippen molar-refractivity contribution in [1.29, 1.82) is 0 Å². The number of rotatable bonds is 8. The summed E-state index contributed by atoms with van der Waals surface area (Å²) < 4.78 is 31.4. The van der Waals surface area contributed by atoms with Gasteiger partial charge >= 0.3 is 0 Å². The summed E-state index contributed by atoms with van der Waals surface area (Å²) >= 11 is 0. The maximum atomic E-state index is 12.5. The fraction of sp³-hybridized carbons (Fsp3) is 0.533. The van der Waals surface area contributed by atoms with Gasteiger partial charge in [-0.15, -0.1) is 0 Å². The molecule has 0 aromatic heterocycles. The van der Waals surface area contributed by atoms with Crippen molar-refractivity contribution in [3.8, 4) is 5.75 Å². The Morgan fingerprint density at radius 3 is 2.55 bits per heavy atom. The molecule has 0 radical (unpaired) electrons. The van der Waals surface area contributed by atoms with Gasteiger partial charge in [0, 0.05) is 13.6 Å². The van der Waals surface area contributed by atoms with Crippen molar-refractivity contribution < 1.29 is 17.9 Å². The van der Waals surface area contributed by atoms with E-state index in [4.69, 9.17) is 4.74 Å². The number of hydrogen-bond donors (Lipinski definition) is 1. The lowest BCUT2D eigenvalue weighted by atomic mass is 10.2. The van der Waals surface area contributed by atoms with Crippen molar-refractivity contribution in [3.05, 3.63) is 23.8 Å². The van der Waals surface area contributed by atoms with Gasteiger partial charge in [-0.3, -0.25) is 4.79 Å². The second-order valence-electron chi connectivity index (χ2n) is 4.97. The number of likely N-dealkylation sites (N-methyl/N-ethyl adjacent to an activating group) is 1. The van der Waals surface area contributed by atoms with Crippen molar-refractivity contribution in [2.75, 3.05) is 26.7 Å². The van der Waals surface area contributed by atoms with Crippen molar-refractivity contribution in [2.45, 2.75) is 32.1 Å². The van der Waals surface area contributed by atoms with Crippen LogP contribution >= 0.6 is 0 Å². The molecule has 0 aliphatic heterocycles. The Bertz CT molecular complexity index is 614. The zero-order chi connectivity index (χ0) is 16.8. The SMILES string of the molecule is CCCNC(=O)CN(C)S(=O)(=O)c1ccc(OCC)c(C)c1. The molecule has 1 aromatic carbocycles. The van der Waals surface area contributed by atoms with E-state index in [1.165, 1.54) is 13.1 Å². The number of hydrogen-bond acceptors (Lipinski definition) is 4. The zero-order valence-corrected chi connectivity index (χ0v) is 14.4.